The second-order valence-electron chi connectivity index (χ2n) is 13.0. The molecule has 3 atom stereocenters. The average Bonchev–Trinajstić information content (AvgIpc) is 3.34. The fourth-order valence-corrected chi connectivity index (χ4v) is 6.38. The molecule has 1 saturated heterocycles. The van der Waals surface area contributed by atoms with E-state index in [0.29, 0.717) is 30.0 Å². The number of benzene rings is 1. The number of nitrogens with zero attached hydrogens (tertiary/aromatic N) is 3. The van der Waals surface area contributed by atoms with Crippen LogP contribution < -0.4 is 16.0 Å². The summed E-state index contributed by atoms with van der Waals surface area (Å²) in [6.07, 6.45) is 6.92. The third kappa shape index (κ3) is 8.71. The van der Waals surface area contributed by atoms with Gasteiger partial charge in [0, 0.05) is 44.4 Å². The molecule has 252 valence electrons. The molecule has 0 spiro atoms. The highest BCUT2D eigenvalue weighted by Crippen LogP contribution is 2.33. The summed E-state index contributed by atoms with van der Waals surface area (Å²) in [5, 5.41) is 12.4. The van der Waals surface area contributed by atoms with Crippen LogP contribution in [0.15, 0.2) is 29.0 Å². The molecule has 3 N–H and O–H groups in total. The van der Waals surface area contributed by atoms with E-state index in [9.17, 15) is 19.2 Å². The minimum atomic E-state index is -1.04. The SMILES string of the molecule is CCC(=O)N[C@@H](C(=O)N1CCN(C)CC1)[C@@H](C)c1ccc(NC(=O)[C@H](C(=O)Nc2conc2C(C)C)C2CCCCCC2)c(F)c1. The molecule has 1 aliphatic carbocycles. The van der Waals surface area contributed by atoms with Crippen molar-refractivity contribution in [2.24, 2.45) is 11.8 Å². The molecule has 4 rings (SSSR count). The third-order valence-corrected chi connectivity index (χ3v) is 9.33. The second-order valence-corrected chi connectivity index (χ2v) is 13.0. The monoisotopic (exact) mass is 640 g/mol. The fraction of sp³-hybridized carbons (Fsp3) is 0.618. The Morgan fingerprint density at radius 3 is 2.17 bits per heavy atom. The number of likely N-dealkylation sites (N-methyl/N-ethyl adjacent to an activating group) is 1. The number of anilines is 2. The predicted octanol–water partition coefficient (Wildman–Crippen LogP) is 4.87. The van der Waals surface area contributed by atoms with Crippen molar-refractivity contribution < 1.29 is 28.1 Å². The number of carbonyl (C=O) groups is 4. The van der Waals surface area contributed by atoms with Crippen LogP contribution in [0.1, 0.15) is 95.7 Å². The highest BCUT2D eigenvalue weighted by atomic mass is 19.1. The van der Waals surface area contributed by atoms with E-state index in [1.54, 1.807) is 24.8 Å². The van der Waals surface area contributed by atoms with Gasteiger partial charge in [0.15, 0.2) is 0 Å². The maximum Gasteiger partial charge on any atom is 0.245 e. The molecule has 2 aromatic rings. The van der Waals surface area contributed by atoms with Gasteiger partial charge in [0.05, 0.1) is 5.69 Å². The van der Waals surface area contributed by atoms with Gasteiger partial charge in [-0.05, 0) is 43.5 Å². The maximum absolute atomic E-state index is 15.7. The van der Waals surface area contributed by atoms with Gasteiger partial charge in [-0.1, -0.05) is 64.6 Å². The van der Waals surface area contributed by atoms with Crippen LogP contribution in [-0.2, 0) is 19.2 Å². The molecule has 0 radical (unpaired) electrons. The topological polar surface area (TPSA) is 137 Å². The molecule has 46 heavy (non-hydrogen) atoms. The van der Waals surface area contributed by atoms with Gasteiger partial charge >= 0.3 is 0 Å². The summed E-state index contributed by atoms with van der Waals surface area (Å²) in [6.45, 7) is 9.91. The lowest BCUT2D eigenvalue weighted by molar-refractivity contribution is -0.138. The van der Waals surface area contributed by atoms with Crippen LogP contribution in [0.25, 0.3) is 0 Å². The number of amides is 4. The average molecular weight is 641 g/mol. The van der Waals surface area contributed by atoms with Gasteiger partial charge in [-0.25, -0.2) is 4.39 Å². The Balaban J connectivity index is 1.53. The Kier molecular flexibility index (Phi) is 12.3. The molecule has 0 bridgehead atoms. The first-order valence-corrected chi connectivity index (χ1v) is 16.6. The summed E-state index contributed by atoms with van der Waals surface area (Å²) in [4.78, 5) is 57.2. The molecule has 1 aromatic heterocycles. The normalized spacial score (nSPS) is 18.4. The molecular weight excluding hydrogens is 591 g/mol. The molecule has 12 heteroatoms. The number of rotatable bonds is 11. The van der Waals surface area contributed by atoms with Gasteiger partial charge in [-0.15, -0.1) is 0 Å². The maximum atomic E-state index is 15.7. The first kappa shape index (κ1) is 35.1. The lowest BCUT2D eigenvalue weighted by Gasteiger charge is -2.36. The van der Waals surface area contributed by atoms with Gasteiger partial charge in [-0.2, -0.15) is 0 Å². The van der Waals surface area contributed by atoms with Crippen molar-refractivity contribution in [2.45, 2.75) is 90.5 Å². The van der Waals surface area contributed by atoms with E-state index >= 15 is 4.39 Å². The number of hydrogen-bond donors (Lipinski definition) is 3. The summed E-state index contributed by atoms with van der Waals surface area (Å²) >= 11 is 0. The first-order chi connectivity index (χ1) is 22.0. The molecule has 4 amide bonds. The van der Waals surface area contributed by atoms with E-state index in [1.807, 2.05) is 20.9 Å². The highest BCUT2D eigenvalue weighted by Gasteiger charge is 2.37. The molecule has 1 saturated carbocycles. The Labute approximate surface area is 271 Å². The van der Waals surface area contributed by atoms with E-state index in [1.165, 1.54) is 18.4 Å². The molecule has 1 aliphatic heterocycles. The third-order valence-electron chi connectivity index (χ3n) is 9.33. The lowest BCUT2D eigenvalue weighted by Crippen LogP contribution is -2.55. The van der Waals surface area contributed by atoms with E-state index in [-0.39, 0.29) is 35.8 Å². The summed E-state index contributed by atoms with van der Waals surface area (Å²) in [5.74, 6) is -3.99. The van der Waals surface area contributed by atoms with Crippen LogP contribution >= 0.6 is 0 Å². The fourth-order valence-electron chi connectivity index (χ4n) is 6.38. The Morgan fingerprint density at radius 1 is 0.957 bits per heavy atom. The van der Waals surface area contributed by atoms with E-state index in [2.05, 4.69) is 26.0 Å². The smallest absolute Gasteiger partial charge is 0.245 e. The zero-order chi connectivity index (χ0) is 33.4. The lowest BCUT2D eigenvalue weighted by atomic mass is 9.84. The van der Waals surface area contributed by atoms with Crippen molar-refractivity contribution in [1.82, 2.24) is 20.3 Å². The minimum Gasteiger partial charge on any atom is -0.362 e. The largest absolute Gasteiger partial charge is 0.362 e. The van der Waals surface area contributed by atoms with Crippen LogP contribution in [0, 0.1) is 17.7 Å². The molecule has 2 fully saturated rings. The van der Waals surface area contributed by atoms with Gasteiger partial charge in [0.25, 0.3) is 0 Å². The van der Waals surface area contributed by atoms with Crippen LogP contribution in [0.3, 0.4) is 0 Å². The standard InChI is InChI=1S/C34H49FN6O5/c1-6-28(42)38-31(34(45)41-17-15-40(5)16-18-41)22(4)24-13-14-26(25(35)19-24)36-32(43)29(23-11-9-7-8-10-12-23)33(44)37-27-20-46-39-30(27)21(2)3/h13-14,19-23,29,31H,6-12,15-18H2,1-5H3,(H,36,43)(H,37,44)(H,38,42)/t22-,29+,31+/m0/s1. The van der Waals surface area contributed by atoms with Gasteiger partial charge in [0.2, 0.25) is 23.6 Å². The van der Waals surface area contributed by atoms with Crippen LogP contribution in [0.4, 0.5) is 15.8 Å². The summed E-state index contributed by atoms with van der Waals surface area (Å²) in [6, 6.07) is 3.53. The zero-order valence-corrected chi connectivity index (χ0v) is 27.7. The number of nitrogens with one attached hydrogen (secondary N) is 3. The van der Waals surface area contributed by atoms with Crippen molar-refractivity contribution in [2.75, 3.05) is 43.9 Å². The minimum absolute atomic E-state index is 0.000880. The van der Waals surface area contributed by atoms with E-state index < -0.39 is 35.5 Å². The summed E-state index contributed by atoms with van der Waals surface area (Å²) in [5.41, 5.74) is 1.46. The van der Waals surface area contributed by atoms with E-state index in [4.69, 9.17) is 4.52 Å². The number of aromatic nitrogens is 1. The highest BCUT2D eigenvalue weighted by molar-refractivity contribution is 6.11. The molecule has 2 aliphatic rings. The molecule has 11 nitrogen and oxygen atoms in total. The quantitative estimate of drug-likeness (QED) is 0.235. The van der Waals surface area contributed by atoms with Crippen LogP contribution in [0.2, 0.25) is 0 Å². The Morgan fingerprint density at radius 2 is 1.59 bits per heavy atom. The zero-order valence-electron chi connectivity index (χ0n) is 27.7. The number of carbonyl (C=O) groups excluding carboxylic acids is 4. The number of piperazine rings is 1. The summed E-state index contributed by atoms with van der Waals surface area (Å²) < 4.78 is 20.7. The molecule has 0 unspecified atom stereocenters. The van der Waals surface area contributed by atoms with Crippen LogP contribution in [-0.4, -0.2) is 77.9 Å². The van der Waals surface area contributed by atoms with Gasteiger partial charge in [-0.3, -0.25) is 19.2 Å². The predicted molar refractivity (Wildman–Crippen MR) is 174 cm³/mol. The van der Waals surface area contributed by atoms with Crippen LogP contribution in [0.5, 0.6) is 0 Å². The van der Waals surface area contributed by atoms with Crippen molar-refractivity contribution in [3.05, 3.63) is 41.5 Å². The van der Waals surface area contributed by atoms with Crippen molar-refractivity contribution in [3.8, 4) is 0 Å². The Hall–Kier alpha value is -3.80. The first-order valence-electron chi connectivity index (χ1n) is 16.6. The molecule has 2 heterocycles. The second kappa shape index (κ2) is 16.2. The number of halogens is 1. The van der Waals surface area contributed by atoms with Gasteiger partial charge in [0.1, 0.15) is 35.4 Å². The Bertz CT molecular complexity index is 1360. The molecule has 1 aromatic carbocycles. The summed E-state index contributed by atoms with van der Waals surface area (Å²) in [7, 11) is 1.99. The number of hydrogen-bond acceptors (Lipinski definition) is 7. The van der Waals surface area contributed by atoms with Crippen molar-refractivity contribution in [3.63, 3.8) is 0 Å². The van der Waals surface area contributed by atoms with Gasteiger partial charge < -0.3 is 30.3 Å². The van der Waals surface area contributed by atoms with Crippen molar-refractivity contribution in [1.29, 1.82) is 0 Å². The van der Waals surface area contributed by atoms with E-state index in [0.717, 1.165) is 51.6 Å². The van der Waals surface area contributed by atoms with Crippen molar-refractivity contribution >= 4 is 35.0 Å². The molecular formula is C34H49FN6O5.